The van der Waals surface area contributed by atoms with Gasteiger partial charge in [0, 0.05) is 10.9 Å². The zero-order valence-corrected chi connectivity index (χ0v) is 12.5. The number of benzene rings is 2. The minimum absolute atomic E-state index is 0.0541. The first kappa shape index (κ1) is 14.3. The molecule has 4 nitrogen and oxygen atoms in total. The molecule has 0 saturated heterocycles. The average molecular weight is 310 g/mol. The van der Waals surface area contributed by atoms with Crippen LogP contribution in [0.1, 0.15) is 10.4 Å². The van der Waals surface area contributed by atoms with Crippen molar-refractivity contribution in [1.82, 2.24) is 5.32 Å². The van der Waals surface area contributed by atoms with Crippen LogP contribution in [0.25, 0.3) is 10.8 Å². The van der Waals surface area contributed by atoms with Crippen LogP contribution in [-0.2, 0) is 4.79 Å². The Morgan fingerprint density at radius 3 is 2.59 bits per heavy atom. The van der Waals surface area contributed by atoms with E-state index >= 15 is 0 Å². The number of carbonyl (C=O) groups is 2. The van der Waals surface area contributed by atoms with E-state index in [2.05, 4.69) is 10.6 Å². The lowest BCUT2D eigenvalue weighted by molar-refractivity contribution is -0.115. The molecule has 2 N–H and O–H groups in total. The highest BCUT2D eigenvalue weighted by molar-refractivity contribution is 7.08. The van der Waals surface area contributed by atoms with Crippen molar-refractivity contribution in [3.8, 4) is 0 Å². The Labute approximate surface area is 131 Å². The SMILES string of the molecule is O=C(CNC(=O)c1ccc2ccccc2c1)Nc1ccsc1. The lowest BCUT2D eigenvalue weighted by Gasteiger charge is -2.06. The predicted molar refractivity (Wildman–Crippen MR) is 89.2 cm³/mol. The third-order valence-electron chi connectivity index (χ3n) is 3.23. The normalized spacial score (nSPS) is 10.4. The lowest BCUT2D eigenvalue weighted by Crippen LogP contribution is -2.32. The Morgan fingerprint density at radius 1 is 1.00 bits per heavy atom. The Kier molecular flexibility index (Phi) is 4.16. The van der Waals surface area contributed by atoms with Crippen LogP contribution < -0.4 is 10.6 Å². The maximum atomic E-state index is 12.1. The van der Waals surface area contributed by atoms with E-state index in [-0.39, 0.29) is 18.4 Å². The fourth-order valence-electron chi connectivity index (χ4n) is 2.13. The molecule has 0 saturated carbocycles. The summed E-state index contributed by atoms with van der Waals surface area (Å²) < 4.78 is 0. The molecule has 0 aliphatic rings. The smallest absolute Gasteiger partial charge is 0.251 e. The highest BCUT2D eigenvalue weighted by Crippen LogP contribution is 2.15. The van der Waals surface area contributed by atoms with Crippen LogP contribution in [-0.4, -0.2) is 18.4 Å². The fraction of sp³-hybridized carbons (Fsp3) is 0.0588. The molecule has 110 valence electrons. The van der Waals surface area contributed by atoms with Crippen LogP contribution in [0.4, 0.5) is 5.69 Å². The van der Waals surface area contributed by atoms with Crippen molar-refractivity contribution < 1.29 is 9.59 Å². The van der Waals surface area contributed by atoms with Crippen LogP contribution in [0.3, 0.4) is 0 Å². The van der Waals surface area contributed by atoms with Gasteiger partial charge in [-0.25, -0.2) is 0 Å². The second-order valence-electron chi connectivity index (χ2n) is 4.80. The molecule has 0 spiro atoms. The Bertz CT molecular complexity index is 812. The molecule has 0 radical (unpaired) electrons. The standard InChI is InChI=1S/C17H14N2O2S/c20-16(19-15-7-8-22-11-15)10-18-17(21)14-6-5-12-3-1-2-4-13(12)9-14/h1-9,11H,10H2,(H,18,21)(H,19,20). The molecule has 2 amide bonds. The number of anilines is 1. The van der Waals surface area contributed by atoms with E-state index in [9.17, 15) is 9.59 Å². The van der Waals surface area contributed by atoms with Gasteiger partial charge in [-0.3, -0.25) is 9.59 Å². The van der Waals surface area contributed by atoms with Crippen molar-refractivity contribution in [2.75, 3.05) is 11.9 Å². The minimum atomic E-state index is -0.258. The van der Waals surface area contributed by atoms with Gasteiger partial charge in [-0.2, -0.15) is 11.3 Å². The number of fused-ring (bicyclic) bond motifs is 1. The van der Waals surface area contributed by atoms with Gasteiger partial charge < -0.3 is 10.6 Å². The summed E-state index contributed by atoms with van der Waals surface area (Å²) in [5.41, 5.74) is 1.29. The van der Waals surface area contributed by atoms with Crippen molar-refractivity contribution in [3.63, 3.8) is 0 Å². The highest BCUT2D eigenvalue weighted by Gasteiger charge is 2.09. The van der Waals surface area contributed by atoms with Crippen LogP contribution in [0.5, 0.6) is 0 Å². The van der Waals surface area contributed by atoms with E-state index in [1.54, 1.807) is 6.07 Å². The summed E-state index contributed by atoms with van der Waals surface area (Å²) in [6.07, 6.45) is 0. The van der Waals surface area contributed by atoms with Crippen molar-refractivity contribution in [1.29, 1.82) is 0 Å². The quantitative estimate of drug-likeness (QED) is 0.777. The predicted octanol–water partition coefficient (Wildman–Crippen LogP) is 3.27. The first-order chi connectivity index (χ1) is 10.7. The molecule has 0 atom stereocenters. The van der Waals surface area contributed by atoms with Crippen molar-refractivity contribution in [3.05, 3.63) is 64.9 Å². The molecule has 1 heterocycles. The first-order valence-electron chi connectivity index (χ1n) is 6.81. The molecule has 3 aromatic rings. The van der Waals surface area contributed by atoms with Crippen molar-refractivity contribution >= 4 is 39.6 Å². The van der Waals surface area contributed by atoms with Crippen LogP contribution >= 0.6 is 11.3 Å². The summed E-state index contributed by atoms with van der Waals surface area (Å²) in [6, 6.07) is 15.1. The largest absolute Gasteiger partial charge is 0.343 e. The average Bonchev–Trinajstić information content (AvgIpc) is 3.05. The summed E-state index contributed by atoms with van der Waals surface area (Å²) in [5.74, 6) is -0.501. The van der Waals surface area contributed by atoms with Crippen LogP contribution in [0.15, 0.2) is 59.3 Å². The zero-order chi connectivity index (χ0) is 15.4. The van der Waals surface area contributed by atoms with E-state index in [0.29, 0.717) is 5.56 Å². The van der Waals surface area contributed by atoms with Crippen LogP contribution in [0.2, 0.25) is 0 Å². The molecule has 5 heteroatoms. The van der Waals surface area contributed by atoms with Crippen molar-refractivity contribution in [2.45, 2.75) is 0 Å². The number of thiophene rings is 1. The van der Waals surface area contributed by atoms with E-state index in [1.807, 2.05) is 53.2 Å². The monoisotopic (exact) mass is 310 g/mol. The van der Waals surface area contributed by atoms with Gasteiger partial charge in [-0.15, -0.1) is 0 Å². The maximum absolute atomic E-state index is 12.1. The van der Waals surface area contributed by atoms with Gasteiger partial charge in [-0.05, 0) is 34.4 Å². The van der Waals surface area contributed by atoms with Gasteiger partial charge in [0.25, 0.3) is 5.91 Å². The summed E-state index contributed by atoms with van der Waals surface area (Å²) in [7, 11) is 0. The Hall–Kier alpha value is -2.66. The molecule has 1 aromatic heterocycles. The molecule has 0 aliphatic carbocycles. The molecule has 0 aliphatic heterocycles. The second-order valence-corrected chi connectivity index (χ2v) is 5.58. The highest BCUT2D eigenvalue weighted by atomic mass is 32.1. The molecular weight excluding hydrogens is 296 g/mol. The lowest BCUT2D eigenvalue weighted by atomic mass is 10.1. The first-order valence-corrected chi connectivity index (χ1v) is 7.76. The number of rotatable bonds is 4. The zero-order valence-electron chi connectivity index (χ0n) is 11.7. The van der Waals surface area contributed by atoms with Crippen molar-refractivity contribution in [2.24, 2.45) is 0 Å². The number of nitrogens with one attached hydrogen (secondary N) is 2. The molecule has 0 bridgehead atoms. The number of carbonyl (C=O) groups excluding carboxylic acids is 2. The fourth-order valence-corrected chi connectivity index (χ4v) is 2.72. The Balaban J connectivity index is 1.62. The molecule has 22 heavy (non-hydrogen) atoms. The van der Waals surface area contributed by atoms with E-state index in [0.717, 1.165) is 16.5 Å². The molecular formula is C17H14N2O2S. The third-order valence-corrected chi connectivity index (χ3v) is 3.91. The maximum Gasteiger partial charge on any atom is 0.251 e. The number of hydrogen-bond acceptors (Lipinski definition) is 3. The van der Waals surface area contributed by atoms with Gasteiger partial charge in [0.05, 0.1) is 12.2 Å². The van der Waals surface area contributed by atoms with Gasteiger partial charge >= 0.3 is 0 Å². The number of amides is 2. The second kappa shape index (κ2) is 6.41. The van der Waals surface area contributed by atoms with E-state index < -0.39 is 0 Å². The topological polar surface area (TPSA) is 58.2 Å². The summed E-state index contributed by atoms with van der Waals surface area (Å²) in [4.78, 5) is 23.8. The summed E-state index contributed by atoms with van der Waals surface area (Å²) in [5, 5.41) is 11.1. The summed E-state index contributed by atoms with van der Waals surface area (Å²) >= 11 is 1.50. The van der Waals surface area contributed by atoms with E-state index in [1.165, 1.54) is 11.3 Å². The molecule has 0 unspecified atom stereocenters. The van der Waals surface area contributed by atoms with Crippen LogP contribution in [0, 0.1) is 0 Å². The Morgan fingerprint density at radius 2 is 1.82 bits per heavy atom. The van der Waals surface area contributed by atoms with Gasteiger partial charge in [0.1, 0.15) is 0 Å². The summed E-state index contributed by atoms with van der Waals surface area (Å²) in [6.45, 7) is -0.0541. The molecule has 2 aromatic carbocycles. The van der Waals surface area contributed by atoms with Gasteiger partial charge in [0.2, 0.25) is 5.91 Å². The third kappa shape index (κ3) is 3.32. The molecule has 3 rings (SSSR count). The molecule has 0 fully saturated rings. The minimum Gasteiger partial charge on any atom is -0.343 e. The van der Waals surface area contributed by atoms with Gasteiger partial charge in [0.15, 0.2) is 0 Å². The van der Waals surface area contributed by atoms with Gasteiger partial charge in [-0.1, -0.05) is 30.3 Å². The number of hydrogen-bond donors (Lipinski definition) is 2. The van der Waals surface area contributed by atoms with E-state index in [4.69, 9.17) is 0 Å².